The highest BCUT2D eigenvalue weighted by Gasteiger charge is 2.21. The van der Waals surface area contributed by atoms with E-state index in [1.54, 1.807) is 24.3 Å². The number of hydrogen-bond acceptors (Lipinski definition) is 4. The van der Waals surface area contributed by atoms with Crippen LogP contribution in [0.4, 0.5) is 5.69 Å². The number of carboxylic acids is 1. The average Bonchev–Trinajstić information content (AvgIpc) is 2.46. The number of carboxylic acid groups (broad SMARTS) is 1. The lowest BCUT2D eigenvalue weighted by atomic mass is 10.3. The Bertz CT molecular complexity index is 553. The van der Waals surface area contributed by atoms with Crippen molar-refractivity contribution in [2.75, 3.05) is 23.2 Å². The van der Waals surface area contributed by atoms with E-state index >= 15 is 0 Å². The second-order valence-corrected chi connectivity index (χ2v) is 6.64. The van der Waals surface area contributed by atoms with Crippen LogP contribution in [0, 0.1) is 0 Å². The molecule has 0 saturated heterocycles. The molecule has 0 unspecified atom stereocenters. The van der Waals surface area contributed by atoms with Crippen molar-refractivity contribution in [1.29, 1.82) is 0 Å². The van der Waals surface area contributed by atoms with E-state index in [9.17, 15) is 13.2 Å². The SMILES string of the molecule is CCCOc1ccc(N(CCC(=O)O)S(=O)(=O)CC)cc1. The molecule has 0 aliphatic heterocycles. The summed E-state index contributed by atoms with van der Waals surface area (Å²) >= 11 is 0. The van der Waals surface area contributed by atoms with Gasteiger partial charge in [-0.3, -0.25) is 9.10 Å². The number of ether oxygens (including phenoxy) is 1. The summed E-state index contributed by atoms with van der Waals surface area (Å²) in [6.07, 6.45) is 0.643. The fourth-order valence-electron chi connectivity index (χ4n) is 1.71. The van der Waals surface area contributed by atoms with Gasteiger partial charge in [0.2, 0.25) is 10.0 Å². The van der Waals surface area contributed by atoms with Gasteiger partial charge in [0.15, 0.2) is 0 Å². The highest BCUT2D eigenvalue weighted by molar-refractivity contribution is 7.92. The van der Waals surface area contributed by atoms with E-state index in [0.717, 1.165) is 10.7 Å². The van der Waals surface area contributed by atoms with Gasteiger partial charge in [-0.15, -0.1) is 0 Å². The maximum atomic E-state index is 12.1. The van der Waals surface area contributed by atoms with Crippen LogP contribution in [0.2, 0.25) is 0 Å². The fraction of sp³-hybridized carbons (Fsp3) is 0.500. The van der Waals surface area contributed by atoms with Gasteiger partial charge in [0.1, 0.15) is 5.75 Å². The quantitative estimate of drug-likeness (QED) is 0.754. The molecule has 1 rings (SSSR count). The van der Waals surface area contributed by atoms with E-state index in [-0.39, 0.29) is 18.7 Å². The number of benzene rings is 1. The Morgan fingerprint density at radius 2 is 1.86 bits per heavy atom. The van der Waals surface area contributed by atoms with Crippen LogP contribution >= 0.6 is 0 Å². The summed E-state index contributed by atoms with van der Waals surface area (Å²) in [5, 5.41) is 8.75. The predicted octanol–water partition coefficient (Wildman–Crippen LogP) is 2.11. The maximum Gasteiger partial charge on any atom is 0.305 e. The summed E-state index contributed by atoms with van der Waals surface area (Å²) in [5.74, 6) is -0.456. The first-order valence-electron chi connectivity index (χ1n) is 6.85. The topological polar surface area (TPSA) is 83.9 Å². The Kier molecular flexibility index (Phi) is 6.48. The third kappa shape index (κ3) is 5.26. The first-order chi connectivity index (χ1) is 9.90. The van der Waals surface area contributed by atoms with Gasteiger partial charge in [0.05, 0.1) is 24.5 Å². The van der Waals surface area contributed by atoms with Crippen LogP contribution in [0.25, 0.3) is 0 Å². The summed E-state index contributed by atoms with van der Waals surface area (Å²) in [7, 11) is -3.51. The second kappa shape index (κ2) is 7.87. The summed E-state index contributed by atoms with van der Waals surface area (Å²) in [4.78, 5) is 10.7. The number of sulfonamides is 1. The van der Waals surface area contributed by atoms with Crippen molar-refractivity contribution in [2.24, 2.45) is 0 Å². The van der Waals surface area contributed by atoms with Gasteiger partial charge in [-0.25, -0.2) is 8.42 Å². The van der Waals surface area contributed by atoms with E-state index in [4.69, 9.17) is 9.84 Å². The molecule has 0 spiro atoms. The summed E-state index contributed by atoms with van der Waals surface area (Å²) < 4.78 is 30.7. The number of nitrogens with zero attached hydrogens (tertiary/aromatic N) is 1. The van der Waals surface area contributed by atoms with E-state index in [1.165, 1.54) is 6.92 Å². The number of anilines is 1. The third-order valence-electron chi connectivity index (χ3n) is 2.83. The lowest BCUT2D eigenvalue weighted by molar-refractivity contribution is -0.136. The first-order valence-corrected chi connectivity index (χ1v) is 8.46. The molecule has 1 aromatic rings. The molecule has 0 aliphatic rings. The first kappa shape index (κ1) is 17.3. The minimum Gasteiger partial charge on any atom is -0.494 e. The van der Waals surface area contributed by atoms with Crippen molar-refractivity contribution >= 4 is 21.7 Å². The monoisotopic (exact) mass is 315 g/mol. The van der Waals surface area contributed by atoms with Crippen LogP contribution in [0.3, 0.4) is 0 Å². The summed E-state index contributed by atoms with van der Waals surface area (Å²) in [6.45, 7) is 4.04. The molecule has 1 N–H and O–H groups in total. The molecule has 0 bridgehead atoms. The van der Waals surface area contributed by atoms with E-state index in [2.05, 4.69) is 0 Å². The van der Waals surface area contributed by atoms with Crippen LogP contribution in [0.15, 0.2) is 24.3 Å². The van der Waals surface area contributed by atoms with Gasteiger partial charge < -0.3 is 9.84 Å². The predicted molar refractivity (Wildman–Crippen MR) is 81.3 cm³/mol. The van der Waals surface area contributed by atoms with E-state index < -0.39 is 16.0 Å². The van der Waals surface area contributed by atoms with Crippen LogP contribution in [0.5, 0.6) is 5.75 Å². The second-order valence-electron chi connectivity index (χ2n) is 4.46. The highest BCUT2D eigenvalue weighted by Crippen LogP contribution is 2.22. The maximum absolute atomic E-state index is 12.1. The van der Waals surface area contributed by atoms with Gasteiger partial charge in [-0.2, -0.15) is 0 Å². The number of rotatable bonds is 9. The third-order valence-corrected chi connectivity index (χ3v) is 4.62. The number of aliphatic carboxylic acids is 1. The molecule has 7 heteroatoms. The van der Waals surface area contributed by atoms with E-state index in [0.29, 0.717) is 18.0 Å². The van der Waals surface area contributed by atoms with Crippen LogP contribution in [0.1, 0.15) is 26.7 Å². The molecule has 1 aromatic carbocycles. The zero-order chi connectivity index (χ0) is 15.9. The largest absolute Gasteiger partial charge is 0.494 e. The van der Waals surface area contributed by atoms with Gasteiger partial charge in [0.25, 0.3) is 0 Å². The normalized spacial score (nSPS) is 11.1. The standard InChI is InChI=1S/C14H21NO5S/c1-3-11-20-13-7-5-12(6-8-13)15(10-9-14(16)17)21(18,19)4-2/h5-8H,3-4,9-11H2,1-2H3,(H,16,17). The fourth-order valence-corrected chi connectivity index (χ4v) is 2.83. The Labute approximate surface area is 125 Å². The lowest BCUT2D eigenvalue weighted by Crippen LogP contribution is -2.34. The highest BCUT2D eigenvalue weighted by atomic mass is 32.2. The molecule has 21 heavy (non-hydrogen) atoms. The Hall–Kier alpha value is -1.76. The number of hydrogen-bond donors (Lipinski definition) is 1. The molecule has 0 aromatic heterocycles. The molecule has 6 nitrogen and oxygen atoms in total. The minimum atomic E-state index is -3.51. The van der Waals surface area contributed by atoms with Crippen molar-refractivity contribution in [3.05, 3.63) is 24.3 Å². The van der Waals surface area contributed by atoms with Crippen molar-refractivity contribution in [2.45, 2.75) is 26.7 Å². The van der Waals surface area contributed by atoms with Crippen molar-refractivity contribution in [1.82, 2.24) is 0 Å². The lowest BCUT2D eigenvalue weighted by Gasteiger charge is -2.23. The van der Waals surface area contributed by atoms with Crippen molar-refractivity contribution in [3.8, 4) is 5.75 Å². The van der Waals surface area contributed by atoms with Crippen molar-refractivity contribution < 1.29 is 23.1 Å². The summed E-state index contributed by atoms with van der Waals surface area (Å²) in [6, 6.07) is 6.62. The Morgan fingerprint density at radius 1 is 1.24 bits per heavy atom. The molecular formula is C14H21NO5S. The number of carbonyl (C=O) groups is 1. The zero-order valence-corrected chi connectivity index (χ0v) is 13.1. The van der Waals surface area contributed by atoms with Crippen molar-refractivity contribution in [3.63, 3.8) is 0 Å². The molecule has 0 radical (unpaired) electrons. The Balaban J connectivity index is 2.95. The molecule has 0 amide bonds. The minimum absolute atomic E-state index is 0.0826. The molecule has 0 heterocycles. The van der Waals surface area contributed by atoms with Crippen LogP contribution < -0.4 is 9.04 Å². The zero-order valence-electron chi connectivity index (χ0n) is 12.3. The van der Waals surface area contributed by atoms with Crippen LogP contribution in [-0.4, -0.2) is 38.4 Å². The molecule has 0 atom stereocenters. The average molecular weight is 315 g/mol. The van der Waals surface area contributed by atoms with Gasteiger partial charge in [0, 0.05) is 6.54 Å². The molecule has 0 saturated carbocycles. The summed E-state index contributed by atoms with van der Waals surface area (Å²) in [5.41, 5.74) is 0.446. The van der Waals surface area contributed by atoms with Crippen LogP contribution in [-0.2, 0) is 14.8 Å². The van der Waals surface area contributed by atoms with Gasteiger partial charge in [-0.1, -0.05) is 6.92 Å². The molecule has 0 aliphatic carbocycles. The Morgan fingerprint density at radius 3 is 2.33 bits per heavy atom. The molecular weight excluding hydrogens is 294 g/mol. The molecule has 118 valence electrons. The van der Waals surface area contributed by atoms with Gasteiger partial charge >= 0.3 is 5.97 Å². The van der Waals surface area contributed by atoms with Gasteiger partial charge in [-0.05, 0) is 37.6 Å². The smallest absolute Gasteiger partial charge is 0.305 e. The van der Waals surface area contributed by atoms with E-state index in [1.807, 2.05) is 6.92 Å². The molecule has 0 fully saturated rings.